The van der Waals surface area contributed by atoms with Crippen LogP contribution in [0.3, 0.4) is 0 Å². The van der Waals surface area contributed by atoms with E-state index in [0.717, 1.165) is 6.42 Å². The van der Waals surface area contributed by atoms with Crippen molar-refractivity contribution in [2.75, 3.05) is 6.61 Å². The Kier molecular flexibility index (Phi) is 6.41. The third kappa shape index (κ3) is 3.52. The average molecular weight is 479 g/mol. The van der Waals surface area contributed by atoms with Gasteiger partial charge in [0, 0.05) is 23.7 Å². The number of aliphatic hydroxyl groups excluding tert-OH is 1. The fraction of sp³-hybridized carbons (Fsp3) is 0.741. The molecular formula is C27H36F2O5. The number of carbonyl (C=O) groups is 3. The van der Waals surface area contributed by atoms with Crippen LogP contribution in [0.25, 0.3) is 0 Å². The fourth-order valence-corrected chi connectivity index (χ4v) is 7.89. The summed E-state index contributed by atoms with van der Waals surface area (Å²) >= 11 is 0. The molecule has 7 heteroatoms. The Labute approximate surface area is 200 Å². The van der Waals surface area contributed by atoms with Crippen molar-refractivity contribution in [1.29, 1.82) is 0 Å². The van der Waals surface area contributed by atoms with Gasteiger partial charge in [-0.25, -0.2) is 8.78 Å². The molecule has 0 spiro atoms. The zero-order chi connectivity index (χ0) is 25.1. The second kappa shape index (κ2) is 8.65. The van der Waals surface area contributed by atoms with E-state index >= 15 is 8.78 Å². The molecule has 3 saturated carbocycles. The fourth-order valence-electron chi connectivity index (χ4n) is 7.89. The van der Waals surface area contributed by atoms with Gasteiger partial charge >= 0.3 is 5.97 Å². The molecule has 3 fully saturated rings. The molecule has 0 aromatic carbocycles. The van der Waals surface area contributed by atoms with Gasteiger partial charge in [-0.1, -0.05) is 33.3 Å². The molecule has 0 heterocycles. The van der Waals surface area contributed by atoms with Crippen molar-refractivity contribution >= 4 is 17.5 Å². The molecule has 0 amide bonds. The van der Waals surface area contributed by atoms with Gasteiger partial charge < -0.3 is 9.84 Å². The standard InChI is InChI=1S/C27H36F2O5/c1-5-6-7-23(33)34-14-21(31)24-15(2)10-17-18-12-20(28)19-11-16(30)8-9-26(19,4)27(18,29)22(32)13-25(17,24)3/h8-9,11,15,17-18,20,22,24,32H,5-7,10,12-14H2,1-4H3/t15-,17?,18+,20+,22+,24-,25+,26+,27+/m1/s1. The van der Waals surface area contributed by atoms with Gasteiger partial charge in [-0.3, -0.25) is 14.4 Å². The Bertz CT molecular complexity index is 943. The van der Waals surface area contributed by atoms with E-state index in [1.165, 1.54) is 18.2 Å². The van der Waals surface area contributed by atoms with Gasteiger partial charge in [-0.15, -0.1) is 0 Å². The number of aliphatic hydroxyl groups is 1. The van der Waals surface area contributed by atoms with Crippen LogP contribution in [0.4, 0.5) is 8.78 Å². The van der Waals surface area contributed by atoms with Gasteiger partial charge in [0.2, 0.25) is 0 Å². The maximum absolute atomic E-state index is 17.1. The third-order valence-electron chi connectivity index (χ3n) is 9.43. The molecule has 5 nitrogen and oxygen atoms in total. The minimum atomic E-state index is -2.15. The Morgan fingerprint density at radius 2 is 1.94 bits per heavy atom. The summed E-state index contributed by atoms with van der Waals surface area (Å²) in [5.41, 5.74) is -4.21. The zero-order valence-corrected chi connectivity index (χ0v) is 20.5. The van der Waals surface area contributed by atoms with Crippen molar-refractivity contribution in [2.24, 2.45) is 34.5 Å². The quantitative estimate of drug-likeness (QED) is 0.570. The number of fused-ring (bicyclic) bond motifs is 5. The molecule has 1 N–H and O–H groups in total. The van der Waals surface area contributed by atoms with E-state index in [9.17, 15) is 19.5 Å². The lowest BCUT2D eigenvalue weighted by atomic mass is 9.45. The lowest BCUT2D eigenvalue weighted by molar-refractivity contribution is -0.202. The van der Waals surface area contributed by atoms with Crippen molar-refractivity contribution in [2.45, 2.75) is 84.2 Å². The summed E-state index contributed by atoms with van der Waals surface area (Å²) in [7, 11) is 0. The Balaban J connectivity index is 1.63. The SMILES string of the molecule is CCCCC(=O)OCC(=O)[C@H]1[C@H](C)CC2[C@@H]3C[C@H](F)C4=CC(=O)C=C[C@]4(C)[C@@]3(F)[C@@H](O)C[C@@]21C. The van der Waals surface area contributed by atoms with Crippen molar-refractivity contribution in [3.05, 3.63) is 23.8 Å². The van der Waals surface area contributed by atoms with E-state index < -0.39 is 46.6 Å². The third-order valence-corrected chi connectivity index (χ3v) is 9.43. The number of alkyl halides is 2. The number of carbonyl (C=O) groups excluding carboxylic acids is 3. The van der Waals surface area contributed by atoms with Crippen molar-refractivity contribution in [1.82, 2.24) is 0 Å². The first kappa shape index (κ1) is 25.2. The van der Waals surface area contributed by atoms with E-state index in [2.05, 4.69) is 0 Å². The van der Waals surface area contributed by atoms with Crippen LogP contribution in [0.2, 0.25) is 0 Å². The number of allylic oxidation sites excluding steroid dienone is 4. The Hall–Kier alpha value is -1.89. The molecule has 4 aliphatic carbocycles. The molecule has 0 aromatic rings. The maximum atomic E-state index is 17.1. The number of esters is 1. The second-order valence-corrected chi connectivity index (χ2v) is 11.4. The number of unbranched alkanes of at least 4 members (excludes halogenated alkanes) is 1. The summed E-state index contributed by atoms with van der Waals surface area (Å²) < 4.78 is 37.7. The Morgan fingerprint density at radius 3 is 2.62 bits per heavy atom. The van der Waals surface area contributed by atoms with E-state index in [-0.39, 0.29) is 54.8 Å². The highest BCUT2D eigenvalue weighted by Gasteiger charge is 2.73. The second-order valence-electron chi connectivity index (χ2n) is 11.4. The normalized spacial score (nSPS) is 45.1. The summed E-state index contributed by atoms with van der Waals surface area (Å²) in [5.74, 6) is -2.75. The number of ether oxygens (including phenoxy) is 1. The topological polar surface area (TPSA) is 80.7 Å². The van der Waals surface area contributed by atoms with Gasteiger partial charge in [0.15, 0.2) is 17.2 Å². The molecule has 0 saturated heterocycles. The summed E-state index contributed by atoms with van der Waals surface area (Å²) in [5, 5.41) is 11.3. The largest absolute Gasteiger partial charge is 0.458 e. The van der Waals surface area contributed by atoms with Gasteiger partial charge in [-0.2, -0.15) is 0 Å². The van der Waals surface area contributed by atoms with Gasteiger partial charge in [0.1, 0.15) is 12.8 Å². The molecule has 0 aromatic heterocycles. The van der Waals surface area contributed by atoms with Crippen LogP contribution in [-0.2, 0) is 19.1 Å². The molecule has 0 aliphatic heterocycles. The summed E-state index contributed by atoms with van der Waals surface area (Å²) in [6.07, 6.45) is 3.20. The molecule has 188 valence electrons. The summed E-state index contributed by atoms with van der Waals surface area (Å²) in [6, 6.07) is 0. The first-order chi connectivity index (χ1) is 15.9. The van der Waals surface area contributed by atoms with Crippen molar-refractivity contribution in [3.63, 3.8) is 0 Å². The predicted molar refractivity (Wildman–Crippen MR) is 122 cm³/mol. The zero-order valence-electron chi connectivity index (χ0n) is 20.5. The summed E-state index contributed by atoms with van der Waals surface area (Å²) in [4.78, 5) is 37.1. The highest BCUT2D eigenvalue weighted by Crippen LogP contribution is 2.70. The monoisotopic (exact) mass is 478 g/mol. The van der Waals surface area contributed by atoms with Gasteiger partial charge in [-0.05, 0) is 67.6 Å². The number of hydrogen-bond donors (Lipinski definition) is 1. The van der Waals surface area contributed by atoms with Crippen LogP contribution in [-0.4, -0.2) is 47.2 Å². The first-order valence-electron chi connectivity index (χ1n) is 12.5. The number of Topliss-reactive ketones (excluding diaryl/α,β-unsaturated/α-hetero) is 1. The van der Waals surface area contributed by atoms with Crippen molar-refractivity contribution in [3.8, 4) is 0 Å². The summed E-state index contributed by atoms with van der Waals surface area (Å²) in [6.45, 7) is 7.03. The Morgan fingerprint density at radius 1 is 1.24 bits per heavy atom. The maximum Gasteiger partial charge on any atom is 0.306 e. The highest BCUT2D eigenvalue weighted by molar-refractivity contribution is 6.01. The van der Waals surface area contributed by atoms with E-state index in [4.69, 9.17) is 4.74 Å². The van der Waals surface area contributed by atoms with Crippen LogP contribution in [0.1, 0.15) is 66.2 Å². The minimum absolute atomic E-state index is 0.0524. The smallest absolute Gasteiger partial charge is 0.306 e. The first-order valence-corrected chi connectivity index (χ1v) is 12.5. The molecule has 4 rings (SSSR count). The molecular weight excluding hydrogens is 442 g/mol. The van der Waals surface area contributed by atoms with Crippen LogP contribution >= 0.6 is 0 Å². The number of halogens is 2. The lowest BCUT2D eigenvalue weighted by Crippen LogP contribution is -2.68. The molecule has 0 radical (unpaired) electrons. The van der Waals surface area contributed by atoms with Crippen LogP contribution in [0.5, 0.6) is 0 Å². The number of rotatable bonds is 6. The molecule has 4 aliphatic rings. The van der Waals surface area contributed by atoms with Gasteiger partial charge in [0.05, 0.1) is 6.10 Å². The molecule has 9 atom stereocenters. The average Bonchev–Trinajstić information content (AvgIpc) is 3.03. The number of hydrogen-bond acceptors (Lipinski definition) is 5. The highest BCUT2D eigenvalue weighted by atomic mass is 19.1. The van der Waals surface area contributed by atoms with Crippen molar-refractivity contribution < 1.29 is 33.0 Å². The van der Waals surface area contributed by atoms with Gasteiger partial charge in [0.25, 0.3) is 0 Å². The van der Waals surface area contributed by atoms with Crippen LogP contribution < -0.4 is 0 Å². The molecule has 0 bridgehead atoms. The van der Waals surface area contributed by atoms with Crippen LogP contribution in [0, 0.1) is 34.5 Å². The minimum Gasteiger partial charge on any atom is -0.458 e. The molecule has 34 heavy (non-hydrogen) atoms. The van der Waals surface area contributed by atoms with E-state index in [1.807, 2.05) is 20.8 Å². The predicted octanol–water partition coefficient (Wildman–Crippen LogP) is 4.47. The lowest BCUT2D eigenvalue weighted by Gasteiger charge is -2.62. The molecule has 1 unspecified atom stereocenters. The number of ketones is 2. The van der Waals surface area contributed by atoms with Crippen LogP contribution in [0.15, 0.2) is 23.8 Å². The van der Waals surface area contributed by atoms with E-state index in [0.29, 0.717) is 12.8 Å². The van der Waals surface area contributed by atoms with E-state index in [1.54, 1.807) is 6.92 Å².